The van der Waals surface area contributed by atoms with Crippen LogP contribution in [0.4, 0.5) is 5.13 Å². The molecule has 0 amide bonds. The van der Waals surface area contributed by atoms with E-state index in [1.807, 2.05) is 0 Å². The summed E-state index contributed by atoms with van der Waals surface area (Å²) in [6.07, 6.45) is 0. The zero-order valence-electron chi connectivity index (χ0n) is 9.77. The maximum Gasteiger partial charge on any atom is 0.181 e. The van der Waals surface area contributed by atoms with Crippen molar-refractivity contribution < 1.29 is 0 Å². The summed E-state index contributed by atoms with van der Waals surface area (Å²) in [4.78, 5) is 4.41. The number of benzene rings is 2. The van der Waals surface area contributed by atoms with Crippen molar-refractivity contribution in [1.82, 2.24) is 4.98 Å². The molecule has 0 aliphatic rings. The number of nitrogens with zero attached hydrogens (tertiary/aromatic N) is 1. The molecule has 0 aliphatic heterocycles. The minimum atomic E-state index is 0.585. The Labute approximate surface area is 118 Å². The lowest BCUT2D eigenvalue weighted by molar-refractivity contribution is 1.41. The Morgan fingerprint density at radius 3 is 2.50 bits per heavy atom. The molecule has 18 heavy (non-hydrogen) atoms. The molecule has 0 unspecified atom stereocenters. The van der Waals surface area contributed by atoms with Crippen LogP contribution >= 0.6 is 27.3 Å². The third kappa shape index (κ3) is 1.82. The molecule has 90 valence electrons. The average molecular weight is 319 g/mol. The maximum atomic E-state index is 5.77. The number of hydrogen-bond acceptors (Lipinski definition) is 3. The van der Waals surface area contributed by atoms with Crippen molar-refractivity contribution in [3.05, 3.63) is 45.7 Å². The third-order valence-corrected chi connectivity index (χ3v) is 4.53. The molecule has 2 N–H and O–H groups in total. The molecule has 2 nitrogen and oxygen atoms in total. The normalized spacial score (nSPS) is 11.0. The molecule has 4 heteroatoms. The predicted molar refractivity (Wildman–Crippen MR) is 81.9 cm³/mol. The highest BCUT2D eigenvalue weighted by Crippen LogP contribution is 2.38. The van der Waals surface area contributed by atoms with Crippen molar-refractivity contribution in [3.8, 4) is 11.3 Å². The summed E-state index contributed by atoms with van der Waals surface area (Å²) in [7, 11) is 0. The Balaban J connectivity index is 2.37. The first-order valence-electron chi connectivity index (χ1n) is 5.57. The number of halogens is 1. The van der Waals surface area contributed by atoms with Gasteiger partial charge in [-0.05, 0) is 39.2 Å². The van der Waals surface area contributed by atoms with Crippen LogP contribution in [0.3, 0.4) is 0 Å². The second-order valence-corrected chi connectivity index (χ2v) is 6.50. The lowest BCUT2D eigenvalue weighted by Gasteiger charge is -2.07. The number of nitrogen functional groups attached to an aromatic ring is 1. The molecular formula is C14H11BrN2S. The van der Waals surface area contributed by atoms with E-state index in [-0.39, 0.29) is 0 Å². The van der Waals surface area contributed by atoms with Gasteiger partial charge in [-0.1, -0.05) is 47.7 Å². The molecule has 0 saturated carbocycles. The largest absolute Gasteiger partial charge is 0.375 e. The predicted octanol–water partition coefficient (Wildman–Crippen LogP) is 4.62. The third-order valence-electron chi connectivity index (χ3n) is 3.00. The highest BCUT2D eigenvalue weighted by atomic mass is 79.9. The molecule has 0 atom stereocenters. The lowest BCUT2D eigenvalue weighted by atomic mass is 9.99. The topological polar surface area (TPSA) is 38.9 Å². The highest BCUT2D eigenvalue weighted by Gasteiger charge is 2.12. The molecule has 3 aromatic rings. The SMILES string of the molecule is Cc1ccc(-c2nc(N)sc2Br)c2ccccc12. The first-order chi connectivity index (χ1) is 8.66. The lowest BCUT2D eigenvalue weighted by Crippen LogP contribution is -1.86. The van der Waals surface area contributed by atoms with Crippen LogP contribution in [0.5, 0.6) is 0 Å². The van der Waals surface area contributed by atoms with Crippen molar-refractivity contribution in [2.75, 3.05) is 5.73 Å². The Bertz CT molecular complexity index is 734. The quantitative estimate of drug-likeness (QED) is 0.711. The summed E-state index contributed by atoms with van der Waals surface area (Å²) in [6, 6.07) is 12.6. The number of aromatic nitrogens is 1. The molecule has 0 radical (unpaired) electrons. The molecule has 0 aliphatic carbocycles. The summed E-state index contributed by atoms with van der Waals surface area (Å²) in [5, 5.41) is 3.05. The van der Waals surface area contributed by atoms with Crippen molar-refractivity contribution in [1.29, 1.82) is 0 Å². The van der Waals surface area contributed by atoms with Crippen molar-refractivity contribution in [2.45, 2.75) is 6.92 Å². The first-order valence-corrected chi connectivity index (χ1v) is 7.18. The molecular weight excluding hydrogens is 308 g/mol. The van der Waals surface area contributed by atoms with Gasteiger partial charge in [0.15, 0.2) is 5.13 Å². The zero-order chi connectivity index (χ0) is 12.7. The Morgan fingerprint density at radius 1 is 1.11 bits per heavy atom. The van der Waals surface area contributed by atoms with Gasteiger partial charge in [-0.3, -0.25) is 0 Å². The van der Waals surface area contributed by atoms with Crippen LogP contribution in [-0.2, 0) is 0 Å². The van der Waals surface area contributed by atoms with Gasteiger partial charge in [0.05, 0.1) is 9.48 Å². The summed E-state index contributed by atoms with van der Waals surface area (Å²) in [5.74, 6) is 0. The van der Waals surface area contributed by atoms with Crippen molar-refractivity contribution in [2.24, 2.45) is 0 Å². The van der Waals surface area contributed by atoms with Crippen LogP contribution in [0.15, 0.2) is 40.2 Å². The van der Waals surface area contributed by atoms with Gasteiger partial charge >= 0.3 is 0 Å². The summed E-state index contributed by atoms with van der Waals surface area (Å²) in [5.41, 5.74) is 9.09. The van der Waals surface area contributed by atoms with Gasteiger partial charge in [0.25, 0.3) is 0 Å². The van der Waals surface area contributed by atoms with Crippen molar-refractivity contribution >= 4 is 43.2 Å². The van der Waals surface area contributed by atoms with E-state index >= 15 is 0 Å². The smallest absolute Gasteiger partial charge is 0.181 e. The fourth-order valence-electron chi connectivity index (χ4n) is 2.14. The number of anilines is 1. The highest BCUT2D eigenvalue weighted by molar-refractivity contribution is 9.11. The summed E-state index contributed by atoms with van der Waals surface area (Å²) >= 11 is 4.99. The van der Waals surface area contributed by atoms with Crippen LogP contribution < -0.4 is 5.73 Å². The molecule has 1 aromatic heterocycles. The van der Waals surface area contributed by atoms with E-state index in [9.17, 15) is 0 Å². The second-order valence-electron chi connectivity index (χ2n) is 4.15. The fraction of sp³-hybridized carbons (Fsp3) is 0.0714. The van der Waals surface area contributed by atoms with Gasteiger partial charge in [-0.15, -0.1) is 0 Å². The van der Waals surface area contributed by atoms with Gasteiger partial charge < -0.3 is 5.73 Å². The van der Waals surface area contributed by atoms with Gasteiger partial charge in [-0.25, -0.2) is 4.98 Å². The Morgan fingerprint density at radius 2 is 1.83 bits per heavy atom. The van der Waals surface area contributed by atoms with Gasteiger partial charge in [0.2, 0.25) is 0 Å². The van der Waals surface area contributed by atoms with Crippen LogP contribution in [-0.4, -0.2) is 4.98 Å². The number of nitrogens with two attached hydrogens (primary N) is 1. The van der Waals surface area contributed by atoms with E-state index in [0.717, 1.165) is 15.0 Å². The van der Waals surface area contributed by atoms with E-state index in [1.165, 1.54) is 27.7 Å². The number of rotatable bonds is 1. The van der Waals surface area contributed by atoms with E-state index in [4.69, 9.17) is 5.73 Å². The Hall–Kier alpha value is -1.39. The standard InChI is InChI=1S/C14H11BrN2S/c1-8-6-7-11(10-5-3-2-4-9(8)10)12-13(15)18-14(16)17-12/h2-7H,1H3,(H2,16,17). The van der Waals surface area contributed by atoms with E-state index < -0.39 is 0 Å². The molecule has 1 heterocycles. The monoisotopic (exact) mass is 318 g/mol. The van der Waals surface area contributed by atoms with Crippen LogP contribution in [0.25, 0.3) is 22.0 Å². The fourth-order valence-corrected chi connectivity index (χ4v) is 3.51. The molecule has 2 aromatic carbocycles. The molecule has 0 saturated heterocycles. The minimum absolute atomic E-state index is 0.585. The van der Waals surface area contributed by atoms with Crippen LogP contribution in [0, 0.1) is 6.92 Å². The van der Waals surface area contributed by atoms with E-state index in [2.05, 4.69) is 64.2 Å². The van der Waals surface area contributed by atoms with Gasteiger partial charge in [0, 0.05) is 5.56 Å². The zero-order valence-corrected chi connectivity index (χ0v) is 12.2. The molecule has 3 rings (SSSR count). The number of fused-ring (bicyclic) bond motifs is 1. The summed E-state index contributed by atoms with van der Waals surface area (Å²) in [6.45, 7) is 2.12. The molecule has 0 spiro atoms. The molecule has 0 bridgehead atoms. The molecule has 0 fully saturated rings. The first kappa shape index (κ1) is 11.7. The van der Waals surface area contributed by atoms with Crippen LogP contribution in [0.2, 0.25) is 0 Å². The summed E-state index contributed by atoms with van der Waals surface area (Å²) < 4.78 is 0.981. The average Bonchev–Trinajstić information content (AvgIpc) is 2.69. The van der Waals surface area contributed by atoms with E-state index in [1.54, 1.807) is 0 Å². The minimum Gasteiger partial charge on any atom is -0.375 e. The number of thiazole rings is 1. The number of aryl methyl sites for hydroxylation is 1. The number of hydrogen-bond donors (Lipinski definition) is 1. The van der Waals surface area contributed by atoms with Gasteiger partial charge in [0.1, 0.15) is 0 Å². The van der Waals surface area contributed by atoms with Crippen LogP contribution in [0.1, 0.15) is 5.56 Å². The second kappa shape index (κ2) is 4.37. The van der Waals surface area contributed by atoms with Crippen molar-refractivity contribution in [3.63, 3.8) is 0 Å². The maximum absolute atomic E-state index is 5.77. The Kier molecular flexibility index (Phi) is 2.84. The van der Waals surface area contributed by atoms with Gasteiger partial charge in [-0.2, -0.15) is 0 Å². The van der Waals surface area contributed by atoms with E-state index in [0.29, 0.717) is 5.13 Å².